The number of ether oxygens (including phenoxy) is 2. The Hall–Kier alpha value is -4.78. The molecule has 0 aromatic rings. The van der Waals surface area contributed by atoms with Crippen molar-refractivity contribution < 1.29 is 86.5 Å². The fourth-order valence-electron chi connectivity index (χ4n) is 7.41. The Labute approximate surface area is 448 Å². The molecule has 440 valence electrons. The zero-order chi connectivity index (χ0) is 57.3. The summed E-state index contributed by atoms with van der Waals surface area (Å²) in [6.07, 6.45) is 13.5. The highest BCUT2D eigenvalue weighted by Crippen LogP contribution is 2.43. The Morgan fingerprint density at radius 3 is 1.63 bits per heavy atom. The number of phosphoric ester groups is 1. The predicted octanol–water partition coefficient (Wildman–Crippen LogP) is 2.41. The van der Waals surface area contributed by atoms with E-state index in [0.717, 1.165) is 26.2 Å². The molecule has 0 aromatic heterocycles. The largest absolute Gasteiger partial charge is 0.480 e. The lowest BCUT2D eigenvalue weighted by molar-refractivity contribution is -0.161. The van der Waals surface area contributed by atoms with Gasteiger partial charge in [-0.3, -0.25) is 52.2 Å². The zero-order valence-corrected chi connectivity index (χ0v) is 46.8. The van der Waals surface area contributed by atoms with Crippen LogP contribution in [-0.2, 0) is 66.2 Å². The number of nitrogens with zero attached hydrogens (tertiary/aromatic N) is 1. The number of carboxylic acid groups (broad SMARTS) is 1. The monoisotopic (exact) mass is 1110 g/mol. The van der Waals surface area contributed by atoms with Gasteiger partial charge in [-0.25, -0.2) is 4.57 Å². The molecule has 0 rings (SSSR count). The molecule has 0 aliphatic rings. The normalized spacial score (nSPS) is 14.4. The van der Waals surface area contributed by atoms with Crippen LogP contribution in [0.3, 0.4) is 0 Å². The zero-order valence-electron chi connectivity index (χ0n) is 45.9. The van der Waals surface area contributed by atoms with E-state index in [0.29, 0.717) is 51.6 Å². The minimum Gasteiger partial charge on any atom is -0.480 e. The summed E-state index contributed by atoms with van der Waals surface area (Å²) < 4.78 is 33.1. The van der Waals surface area contributed by atoms with Crippen LogP contribution in [0.25, 0.3) is 0 Å². The molecule has 0 heterocycles. The number of rotatable bonds is 47. The molecular formula is C50H92N7O18P. The molecular weight excluding hydrogens is 1020 g/mol. The highest BCUT2D eigenvalue weighted by molar-refractivity contribution is 7.47. The van der Waals surface area contributed by atoms with Crippen LogP contribution in [0.4, 0.5) is 0 Å². The van der Waals surface area contributed by atoms with E-state index in [-0.39, 0.29) is 32.5 Å². The molecule has 0 spiro atoms. The van der Waals surface area contributed by atoms with E-state index in [1.807, 2.05) is 11.9 Å². The molecule has 7 atom stereocenters. The average Bonchev–Trinajstić information content (AvgIpc) is 3.36. The van der Waals surface area contributed by atoms with Gasteiger partial charge in [-0.15, -0.1) is 0 Å². The second-order valence-electron chi connectivity index (χ2n) is 19.0. The summed E-state index contributed by atoms with van der Waals surface area (Å²) in [5.41, 5.74) is 0. The SMILES string of the molecule is CCCCCCCCCCCCCCCC(=O)OC[C@H](COP(=O)(O)OCCC)OC(=O)CCCCN(C)CCCC[C@H](NC(=O)[C@@H](NC(=O)CNC(=O)[C@@H](NC(C)=O)[C@@H](C)O)[C@@H](C)O)C(=O)NCC(=O)NCC(=O)O. The Morgan fingerprint density at radius 2 is 1.08 bits per heavy atom. The summed E-state index contributed by atoms with van der Waals surface area (Å²) in [6.45, 7) is 5.59. The number of aliphatic hydroxyl groups excluding tert-OH is 2. The van der Waals surface area contributed by atoms with Crippen molar-refractivity contribution >= 4 is 61.2 Å². The van der Waals surface area contributed by atoms with Crippen molar-refractivity contribution in [3.8, 4) is 0 Å². The van der Waals surface area contributed by atoms with Gasteiger partial charge in [0.2, 0.25) is 35.4 Å². The summed E-state index contributed by atoms with van der Waals surface area (Å²) in [4.78, 5) is 124. The minimum atomic E-state index is -4.46. The standard InChI is InChI=1S/C50H92N7O18P/c1-7-9-10-11-12-13-14-15-16-17-18-19-20-26-44(65)72-34-39(35-74-76(70,71)73-30-8-2)75-45(66)27-22-24-29-57(6)28-23-21-25-40(48(67)52-31-41(61)51-33-43(63)64)55-50(69)47(37(4)59)56-42(62)32-53-49(68)46(36(3)58)54-38(5)60/h36-37,39-40,46-47,58-59H,7-35H2,1-6H3,(H,51,61)(H,52,67)(H,53,68)(H,54,60)(H,55,69)(H,56,62)(H,63,64)(H,70,71)/t36-,37-,39-,40+,46+,47+/m1/s1. The number of nitrogens with one attached hydrogen (secondary N) is 6. The number of aliphatic carboxylic acids is 1. The number of unbranched alkanes of at least 4 members (excludes halogenated alkanes) is 14. The lowest BCUT2D eigenvalue weighted by atomic mass is 10.0. The molecule has 0 saturated carbocycles. The Bertz CT molecular complexity index is 1780. The van der Waals surface area contributed by atoms with E-state index in [4.69, 9.17) is 23.6 Å². The first-order valence-electron chi connectivity index (χ1n) is 26.9. The molecule has 25 nitrogen and oxygen atoms in total. The molecule has 0 aliphatic carbocycles. The number of carboxylic acids is 1. The highest BCUT2D eigenvalue weighted by atomic mass is 31.2. The molecule has 26 heteroatoms. The van der Waals surface area contributed by atoms with Crippen molar-refractivity contribution in [2.75, 3.05) is 59.6 Å². The van der Waals surface area contributed by atoms with Gasteiger partial charge in [0.1, 0.15) is 31.3 Å². The van der Waals surface area contributed by atoms with Gasteiger partial charge in [-0.1, -0.05) is 90.9 Å². The minimum absolute atomic E-state index is 0.0181. The lowest BCUT2D eigenvalue weighted by Crippen LogP contribution is -2.59. The smallest absolute Gasteiger partial charge is 0.472 e. The number of carbonyl (C=O) groups excluding carboxylic acids is 8. The predicted molar refractivity (Wildman–Crippen MR) is 280 cm³/mol. The van der Waals surface area contributed by atoms with Crippen molar-refractivity contribution in [3.05, 3.63) is 0 Å². The van der Waals surface area contributed by atoms with E-state index < -0.39 is 124 Å². The highest BCUT2D eigenvalue weighted by Gasteiger charge is 2.31. The molecule has 1 unspecified atom stereocenters. The van der Waals surface area contributed by atoms with Crippen molar-refractivity contribution in [2.45, 2.75) is 206 Å². The van der Waals surface area contributed by atoms with Crippen LogP contribution < -0.4 is 31.9 Å². The van der Waals surface area contributed by atoms with Gasteiger partial charge in [0.15, 0.2) is 6.10 Å². The average molecular weight is 1110 g/mol. The number of hydrogen-bond acceptors (Lipinski definition) is 17. The van der Waals surface area contributed by atoms with Gasteiger partial charge >= 0.3 is 25.7 Å². The van der Waals surface area contributed by atoms with Crippen LogP contribution in [0.1, 0.15) is 169 Å². The van der Waals surface area contributed by atoms with Gasteiger partial charge < -0.3 is 66.5 Å². The van der Waals surface area contributed by atoms with Crippen LogP contribution in [-0.4, -0.2) is 174 Å². The van der Waals surface area contributed by atoms with Gasteiger partial charge in [0, 0.05) is 19.8 Å². The van der Waals surface area contributed by atoms with Crippen LogP contribution in [0.5, 0.6) is 0 Å². The van der Waals surface area contributed by atoms with Crippen molar-refractivity contribution in [1.29, 1.82) is 0 Å². The molecule has 0 radical (unpaired) electrons. The second-order valence-corrected chi connectivity index (χ2v) is 20.5. The molecule has 6 amide bonds. The molecule has 76 heavy (non-hydrogen) atoms. The molecule has 0 aromatic carbocycles. The quantitative estimate of drug-likeness (QED) is 0.0238. The van der Waals surface area contributed by atoms with Crippen LogP contribution in [0, 0.1) is 0 Å². The van der Waals surface area contributed by atoms with E-state index in [9.17, 15) is 62.8 Å². The maximum absolute atomic E-state index is 13.4. The third kappa shape index (κ3) is 38.7. The lowest BCUT2D eigenvalue weighted by Gasteiger charge is -2.25. The summed E-state index contributed by atoms with van der Waals surface area (Å²) in [7, 11) is -2.63. The van der Waals surface area contributed by atoms with Gasteiger partial charge in [-0.2, -0.15) is 0 Å². The second kappa shape index (κ2) is 43.2. The Morgan fingerprint density at radius 1 is 0.566 bits per heavy atom. The summed E-state index contributed by atoms with van der Waals surface area (Å²) in [6, 6.07) is -4.31. The third-order valence-corrected chi connectivity index (χ3v) is 12.7. The summed E-state index contributed by atoms with van der Waals surface area (Å²) in [5, 5.41) is 42.7. The number of carbonyl (C=O) groups is 9. The number of hydrogen-bond donors (Lipinski definition) is 10. The fourth-order valence-corrected chi connectivity index (χ4v) is 8.25. The molecule has 10 N–H and O–H groups in total. The van der Waals surface area contributed by atoms with Crippen molar-refractivity contribution in [3.63, 3.8) is 0 Å². The molecule has 0 saturated heterocycles. The first-order valence-corrected chi connectivity index (χ1v) is 28.4. The van der Waals surface area contributed by atoms with Crippen LogP contribution >= 0.6 is 7.82 Å². The Kier molecular flexibility index (Phi) is 40.5. The number of esters is 2. The van der Waals surface area contributed by atoms with Gasteiger partial charge in [0.05, 0.1) is 38.5 Å². The van der Waals surface area contributed by atoms with Gasteiger partial charge in [-0.05, 0) is 78.9 Å². The summed E-state index contributed by atoms with van der Waals surface area (Å²) >= 11 is 0. The number of phosphoric acid groups is 1. The Balaban J connectivity index is 5.24. The first kappa shape index (κ1) is 71.2. The number of amides is 6. The molecule has 0 fully saturated rings. The van der Waals surface area contributed by atoms with Crippen LogP contribution in [0.15, 0.2) is 0 Å². The third-order valence-electron chi connectivity index (χ3n) is 11.7. The van der Waals surface area contributed by atoms with Crippen molar-refractivity contribution in [2.24, 2.45) is 0 Å². The van der Waals surface area contributed by atoms with E-state index >= 15 is 0 Å². The van der Waals surface area contributed by atoms with Gasteiger partial charge in [0.25, 0.3) is 0 Å². The maximum atomic E-state index is 13.4. The van der Waals surface area contributed by atoms with Crippen molar-refractivity contribution in [1.82, 2.24) is 36.8 Å². The molecule has 0 aliphatic heterocycles. The fraction of sp³-hybridized carbons (Fsp3) is 0.820. The molecule has 0 bridgehead atoms. The van der Waals surface area contributed by atoms with E-state index in [1.165, 1.54) is 71.6 Å². The van der Waals surface area contributed by atoms with E-state index in [2.05, 4.69) is 38.8 Å². The number of aliphatic hydroxyl groups is 2. The topological polar surface area (TPSA) is 364 Å². The van der Waals surface area contributed by atoms with Crippen LogP contribution in [0.2, 0.25) is 0 Å². The maximum Gasteiger partial charge on any atom is 0.472 e. The summed E-state index contributed by atoms with van der Waals surface area (Å²) in [5.74, 6) is -7.51. The first-order chi connectivity index (χ1) is 36.0. The van der Waals surface area contributed by atoms with E-state index in [1.54, 1.807) is 6.92 Å².